The largest absolute Gasteiger partial charge is 1.00 e. The highest BCUT2D eigenvalue weighted by atomic mass is 35.5. The molecule has 0 saturated heterocycles. The van der Waals surface area contributed by atoms with Crippen LogP contribution in [0.1, 0.15) is 85.0 Å². The van der Waals surface area contributed by atoms with Crippen LogP contribution in [0.5, 0.6) is 0 Å². The van der Waals surface area contributed by atoms with Crippen LogP contribution in [0, 0.1) is 0 Å². The van der Waals surface area contributed by atoms with E-state index in [4.69, 9.17) is 11.6 Å². The maximum absolute atomic E-state index is 5.98. The fourth-order valence-corrected chi connectivity index (χ4v) is 3.28. The van der Waals surface area contributed by atoms with Crippen LogP contribution in [-0.4, -0.2) is 36.5 Å². The Labute approximate surface area is 145 Å². The first-order valence-electron chi connectivity index (χ1n) is 9.15. The van der Waals surface area contributed by atoms with Gasteiger partial charge in [-0.25, -0.2) is 0 Å². The van der Waals surface area contributed by atoms with Crippen molar-refractivity contribution in [1.82, 2.24) is 0 Å². The fraction of sp³-hybridized carbons (Fsp3) is 1.00. The molecular formula is C18H39Cl2N. The molecule has 0 aromatic heterocycles. The van der Waals surface area contributed by atoms with Gasteiger partial charge in [-0.3, -0.25) is 0 Å². The second-order valence-electron chi connectivity index (χ2n) is 6.40. The van der Waals surface area contributed by atoms with E-state index in [0.29, 0.717) is 0 Å². The second-order valence-corrected chi connectivity index (χ2v) is 6.78. The van der Waals surface area contributed by atoms with Gasteiger partial charge >= 0.3 is 0 Å². The van der Waals surface area contributed by atoms with Crippen molar-refractivity contribution in [2.75, 3.05) is 32.1 Å². The van der Waals surface area contributed by atoms with E-state index in [9.17, 15) is 0 Å². The van der Waals surface area contributed by atoms with Gasteiger partial charge in [-0.05, 0) is 38.5 Å². The maximum Gasteiger partial charge on any atom is 0.0798 e. The number of hydrogen-bond acceptors (Lipinski definition) is 0. The summed E-state index contributed by atoms with van der Waals surface area (Å²) < 4.78 is 1.35. The Balaban J connectivity index is 0. The Kier molecular flexibility index (Phi) is 19.2. The van der Waals surface area contributed by atoms with Gasteiger partial charge in [0.25, 0.3) is 0 Å². The first kappa shape index (κ1) is 23.8. The molecule has 0 rings (SSSR count). The first-order valence-corrected chi connectivity index (χ1v) is 9.69. The molecule has 0 aliphatic heterocycles. The highest BCUT2D eigenvalue weighted by molar-refractivity contribution is 6.17. The summed E-state index contributed by atoms with van der Waals surface area (Å²) in [4.78, 5) is 0. The molecule has 0 heterocycles. The minimum absolute atomic E-state index is 0. The van der Waals surface area contributed by atoms with Gasteiger partial charge in [0.05, 0.1) is 26.2 Å². The van der Waals surface area contributed by atoms with E-state index in [1.165, 1.54) is 94.9 Å². The van der Waals surface area contributed by atoms with Gasteiger partial charge in [-0.1, -0.05) is 40.0 Å². The zero-order chi connectivity index (χ0) is 15.1. The minimum atomic E-state index is 0. The third-order valence-corrected chi connectivity index (χ3v) is 4.74. The molecule has 0 N–H and O–H groups in total. The van der Waals surface area contributed by atoms with E-state index in [1.54, 1.807) is 0 Å². The monoisotopic (exact) mass is 339 g/mol. The molecule has 21 heavy (non-hydrogen) atoms. The summed E-state index contributed by atoms with van der Waals surface area (Å²) in [5.41, 5.74) is 0. The Hall–Kier alpha value is 0.540. The number of nitrogens with zero attached hydrogens (tertiary/aromatic N) is 1. The molecule has 0 aromatic carbocycles. The molecule has 0 atom stereocenters. The van der Waals surface area contributed by atoms with Gasteiger partial charge in [-0.15, -0.1) is 11.6 Å². The van der Waals surface area contributed by atoms with E-state index in [2.05, 4.69) is 20.8 Å². The number of hydrogen-bond donors (Lipinski definition) is 0. The summed E-state index contributed by atoms with van der Waals surface area (Å²) in [7, 11) is 0. The second kappa shape index (κ2) is 16.9. The predicted octanol–water partition coefficient (Wildman–Crippen LogP) is 3.01. The Morgan fingerprint density at radius 3 is 1.19 bits per heavy atom. The van der Waals surface area contributed by atoms with Crippen molar-refractivity contribution in [2.45, 2.75) is 85.0 Å². The third kappa shape index (κ3) is 12.7. The molecule has 0 bridgehead atoms. The van der Waals surface area contributed by atoms with Crippen LogP contribution in [0.3, 0.4) is 0 Å². The van der Waals surface area contributed by atoms with Crippen molar-refractivity contribution in [3.05, 3.63) is 0 Å². The van der Waals surface area contributed by atoms with Crippen molar-refractivity contribution in [1.29, 1.82) is 0 Å². The molecule has 0 spiro atoms. The zero-order valence-electron chi connectivity index (χ0n) is 14.8. The lowest BCUT2D eigenvalue weighted by Crippen LogP contribution is -3.00. The lowest BCUT2D eigenvalue weighted by atomic mass is 10.1. The molecule has 0 amide bonds. The molecule has 0 radical (unpaired) electrons. The number of halogens is 2. The van der Waals surface area contributed by atoms with Crippen LogP contribution < -0.4 is 12.4 Å². The van der Waals surface area contributed by atoms with Gasteiger partial charge in [0.1, 0.15) is 0 Å². The lowest BCUT2D eigenvalue weighted by Gasteiger charge is -2.39. The van der Waals surface area contributed by atoms with Gasteiger partial charge in [0.2, 0.25) is 0 Å². The minimum Gasteiger partial charge on any atom is -1.00 e. The van der Waals surface area contributed by atoms with Crippen LogP contribution in [0.15, 0.2) is 0 Å². The number of alkyl halides is 1. The Bertz CT molecular complexity index is 171. The molecule has 0 saturated carbocycles. The molecule has 0 fully saturated rings. The van der Waals surface area contributed by atoms with E-state index in [-0.39, 0.29) is 12.4 Å². The first-order chi connectivity index (χ1) is 9.74. The van der Waals surface area contributed by atoms with Crippen LogP contribution in [0.2, 0.25) is 0 Å². The van der Waals surface area contributed by atoms with Crippen LogP contribution >= 0.6 is 11.6 Å². The van der Waals surface area contributed by atoms with Gasteiger partial charge in [0.15, 0.2) is 0 Å². The normalized spacial score (nSPS) is 11.4. The number of unbranched alkanes of at least 4 members (excludes halogenated alkanes) is 6. The molecule has 3 heteroatoms. The number of quaternary nitrogens is 1. The maximum atomic E-state index is 5.98. The lowest BCUT2D eigenvalue weighted by molar-refractivity contribution is -0.928. The fourth-order valence-electron chi connectivity index (χ4n) is 3.16. The van der Waals surface area contributed by atoms with Crippen molar-refractivity contribution in [3.63, 3.8) is 0 Å². The standard InChI is InChI=1S/C18H39ClN.ClH/c1-4-7-10-15-20(18-13-14-19,16-11-8-5-2)17-12-9-6-3;/h4-18H2,1-3H3;1H/q+1;/p-1. The Morgan fingerprint density at radius 1 is 0.571 bits per heavy atom. The smallest absolute Gasteiger partial charge is 0.0798 e. The van der Waals surface area contributed by atoms with E-state index in [0.717, 1.165) is 5.88 Å². The molecular weight excluding hydrogens is 301 g/mol. The van der Waals surface area contributed by atoms with E-state index < -0.39 is 0 Å². The number of rotatable bonds is 15. The third-order valence-electron chi connectivity index (χ3n) is 4.47. The molecule has 0 aliphatic carbocycles. The van der Waals surface area contributed by atoms with E-state index >= 15 is 0 Å². The summed E-state index contributed by atoms with van der Waals surface area (Å²) >= 11 is 5.98. The highest BCUT2D eigenvalue weighted by Gasteiger charge is 2.25. The molecule has 0 unspecified atom stereocenters. The molecule has 1 nitrogen and oxygen atoms in total. The van der Waals surface area contributed by atoms with Crippen molar-refractivity contribution < 1.29 is 16.9 Å². The highest BCUT2D eigenvalue weighted by Crippen LogP contribution is 2.17. The summed E-state index contributed by atoms with van der Waals surface area (Å²) in [6.07, 6.45) is 13.6. The Morgan fingerprint density at radius 2 is 0.905 bits per heavy atom. The molecule has 130 valence electrons. The van der Waals surface area contributed by atoms with Gasteiger partial charge < -0.3 is 16.9 Å². The van der Waals surface area contributed by atoms with Crippen molar-refractivity contribution in [3.8, 4) is 0 Å². The van der Waals surface area contributed by atoms with Crippen LogP contribution in [0.25, 0.3) is 0 Å². The molecule has 0 aliphatic rings. The zero-order valence-corrected chi connectivity index (χ0v) is 16.3. The van der Waals surface area contributed by atoms with Crippen molar-refractivity contribution in [2.24, 2.45) is 0 Å². The summed E-state index contributed by atoms with van der Waals surface area (Å²) in [5, 5.41) is 0. The topological polar surface area (TPSA) is 0 Å². The molecule has 0 aromatic rings. The van der Waals surface area contributed by atoms with Gasteiger partial charge in [-0.2, -0.15) is 0 Å². The summed E-state index contributed by atoms with van der Waals surface area (Å²) in [5.74, 6) is 0.829. The van der Waals surface area contributed by atoms with E-state index in [1.807, 2.05) is 0 Å². The summed E-state index contributed by atoms with van der Waals surface area (Å²) in [6, 6.07) is 0. The average molecular weight is 340 g/mol. The van der Waals surface area contributed by atoms with Crippen LogP contribution in [0.4, 0.5) is 0 Å². The van der Waals surface area contributed by atoms with Gasteiger partial charge in [0, 0.05) is 12.3 Å². The summed E-state index contributed by atoms with van der Waals surface area (Å²) in [6.45, 7) is 12.4. The average Bonchev–Trinajstić information content (AvgIpc) is 2.46. The van der Waals surface area contributed by atoms with Crippen LogP contribution in [-0.2, 0) is 0 Å². The quantitative estimate of drug-likeness (QED) is 0.244. The predicted molar refractivity (Wildman–Crippen MR) is 93.6 cm³/mol. The van der Waals surface area contributed by atoms with Crippen molar-refractivity contribution >= 4 is 11.6 Å². The SMILES string of the molecule is CCCCC[N+](CCCCl)(CCCCC)CCCCC.[Cl-].